The molecule has 0 aliphatic rings. The summed E-state index contributed by atoms with van der Waals surface area (Å²) in [6.07, 6.45) is 1.29. The van der Waals surface area contributed by atoms with E-state index in [1.165, 1.54) is 6.20 Å². The third-order valence-corrected chi connectivity index (χ3v) is 2.44. The van der Waals surface area contributed by atoms with E-state index < -0.39 is 11.5 Å². The van der Waals surface area contributed by atoms with Crippen molar-refractivity contribution in [2.75, 3.05) is 6.61 Å². The lowest BCUT2D eigenvalue weighted by atomic mass is 10.3. The number of esters is 1. The van der Waals surface area contributed by atoms with Gasteiger partial charge in [-0.15, -0.1) is 0 Å². The van der Waals surface area contributed by atoms with Crippen LogP contribution in [-0.4, -0.2) is 32.3 Å². The second-order valence-electron chi connectivity index (χ2n) is 4.00. The van der Waals surface area contributed by atoms with E-state index in [9.17, 15) is 9.59 Å². The molecule has 2 rings (SSSR count). The van der Waals surface area contributed by atoms with Crippen molar-refractivity contribution in [1.82, 2.24) is 19.7 Å². The smallest absolute Gasteiger partial charge is 0.345 e. The molecular formula is C12H14N4O3. The van der Waals surface area contributed by atoms with Crippen molar-refractivity contribution in [2.24, 2.45) is 0 Å². The number of aromatic amines is 1. The summed E-state index contributed by atoms with van der Waals surface area (Å²) in [7, 11) is 0. The molecule has 0 aliphatic heterocycles. The summed E-state index contributed by atoms with van der Waals surface area (Å²) in [6, 6.07) is 1.80. The van der Waals surface area contributed by atoms with Crippen molar-refractivity contribution in [2.45, 2.75) is 20.8 Å². The predicted octanol–water partition coefficient (Wildman–Crippen LogP) is 0.749. The van der Waals surface area contributed by atoms with Gasteiger partial charge in [0.1, 0.15) is 5.56 Å². The minimum atomic E-state index is -0.660. The molecular weight excluding hydrogens is 248 g/mol. The number of nitrogens with zero attached hydrogens (tertiary/aromatic N) is 3. The van der Waals surface area contributed by atoms with Crippen LogP contribution in [0.4, 0.5) is 0 Å². The molecule has 0 fully saturated rings. The van der Waals surface area contributed by atoms with Crippen molar-refractivity contribution in [3.63, 3.8) is 0 Å². The number of carbonyl (C=O) groups is 1. The lowest BCUT2D eigenvalue weighted by Crippen LogP contribution is -2.23. The van der Waals surface area contributed by atoms with Gasteiger partial charge >= 0.3 is 5.97 Å². The summed E-state index contributed by atoms with van der Waals surface area (Å²) in [4.78, 5) is 31.9. The molecule has 0 amide bonds. The Morgan fingerprint density at radius 3 is 2.58 bits per heavy atom. The number of hydrogen-bond acceptors (Lipinski definition) is 5. The fourth-order valence-electron chi connectivity index (χ4n) is 1.68. The molecule has 1 N–H and O–H groups in total. The average Bonchev–Trinajstić information content (AvgIpc) is 2.70. The SMILES string of the molecule is CCOC(=O)c1c[nH]n(-c2nc(C)cc(C)n2)c1=O. The van der Waals surface area contributed by atoms with Gasteiger partial charge in [0.15, 0.2) is 0 Å². The first-order chi connectivity index (χ1) is 9.02. The molecule has 0 saturated carbocycles. The normalized spacial score (nSPS) is 10.5. The second kappa shape index (κ2) is 5.05. The third-order valence-electron chi connectivity index (χ3n) is 2.44. The van der Waals surface area contributed by atoms with Gasteiger partial charge in [0.2, 0.25) is 0 Å². The zero-order valence-electron chi connectivity index (χ0n) is 10.9. The highest BCUT2D eigenvalue weighted by Crippen LogP contribution is 2.03. The Balaban J connectivity index is 2.47. The molecule has 0 saturated heterocycles. The highest BCUT2D eigenvalue weighted by atomic mass is 16.5. The van der Waals surface area contributed by atoms with E-state index in [0.29, 0.717) is 0 Å². The maximum absolute atomic E-state index is 12.1. The first kappa shape index (κ1) is 13.0. The van der Waals surface area contributed by atoms with Gasteiger partial charge in [-0.2, -0.15) is 4.68 Å². The molecule has 0 radical (unpaired) electrons. The van der Waals surface area contributed by atoms with E-state index in [-0.39, 0.29) is 18.1 Å². The highest BCUT2D eigenvalue weighted by molar-refractivity contribution is 5.88. The maximum atomic E-state index is 12.1. The first-order valence-corrected chi connectivity index (χ1v) is 5.83. The molecule has 2 aromatic heterocycles. The Labute approximate surface area is 109 Å². The van der Waals surface area contributed by atoms with Crippen molar-refractivity contribution < 1.29 is 9.53 Å². The quantitative estimate of drug-likeness (QED) is 0.824. The Morgan fingerprint density at radius 1 is 1.37 bits per heavy atom. The van der Waals surface area contributed by atoms with Crippen LogP contribution in [0.3, 0.4) is 0 Å². The van der Waals surface area contributed by atoms with Crippen molar-refractivity contribution >= 4 is 5.97 Å². The van der Waals surface area contributed by atoms with Crippen molar-refractivity contribution in [1.29, 1.82) is 0 Å². The third kappa shape index (κ3) is 2.54. The monoisotopic (exact) mass is 262 g/mol. The molecule has 0 atom stereocenters. The van der Waals surface area contributed by atoms with Gasteiger partial charge in [-0.05, 0) is 26.8 Å². The Bertz CT molecular complexity index is 652. The van der Waals surface area contributed by atoms with Crippen LogP contribution in [0.5, 0.6) is 0 Å². The minimum absolute atomic E-state index is 0.0652. The largest absolute Gasteiger partial charge is 0.462 e. The standard InChI is InChI=1S/C12H14N4O3/c1-4-19-11(18)9-6-13-16(10(9)17)12-14-7(2)5-8(3)15-12/h5-6,13H,4H2,1-3H3. The highest BCUT2D eigenvalue weighted by Gasteiger charge is 2.17. The molecule has 0 aromatic carbocycles. The zero-order chi connectivity index (χ0) is 14.0. The van der Waals surface area contributed by atoms with Crippen LogP contribution < -0.4 is 5.56 Å². The molecule has 19 heavy (non-hydrogen) atoms. The van der Waals surface area contributed by atoms with E-state index in [4.69, 9.17) is 4.74 Å². The van der Waals surface area contributed by atoms with E-state index >= 15 is 0 Å². The van der Waals surface area contributed by atoms with E-state index in [1.54, 1.807) is 26.8 Å². The predicted molar refractivity (Wildman–Crippen MR) is 67.4 cm³/mol. The van der Waals surface area contributed by atoms with Gasteiger partial charge in [0, 0.05) is 17.6 Å². The number of H-pyrrole nitrogens is 1. The molecule has 2 heterocycles. The van der Waals surface area contributed by atoms with E-state index in [1.807, 2.05) is 0 Å². The Kier molecular flexibility index (Phi) is 3.46. The topological polar surface area (TPSA) is 89.9 Å². The molecule has 0 unspecified atom stereocenters. The summed E-state index contributed by atoms with van der Waals surface area (Å²) >= 11 is 0. The molecule has 0 aliphatic carbocycles. The van der Waals surface area contributed by atoms with Crippen LogP contribution in [0.25, 0.3) is 5.95 Å². The van der Waals surface area contributed by atoms with Crippen LogP contribution in [-0.2, 0) is 4.74 Å². The number of rotatable bonds is 3. The Hall–Kier alpha value is -2.44. The molecule has 0 bridgehead atoms. The molecule has 7 heteroatoms. The molecule has 100 valence electrons. The number of hydrogen-bond donors (Lipinski definition) is 1. The fraction of sp³-hybridized carbons (Fsp3) is 0.333. The summed E-state index contributed by atoms with van der Waals surface area (Å²) in [5.41, 5.74) is 0.886. The number of nitrogens with one attached hydrogen (secondary N) is 1. The summed E-state index contributed by atoms with van der Waals surface area (Å²) in [6.45, 7) is 5.50. The summed E-state index contributed by atoms with van der Waals surface area (Å²) < 4.78 is 5.91. The lowest BCUT2D eigenvalue weighted by Gasteiger charge is -2.02. The van der Waals surface area contributed by atoms with Crippen LogP contribution in [0, 0.1) is 13.8 Å². The second-order valence-corrected chi connectivity index (χ2v) is 4.00. The van der Waals surface area contributed by atoms with E-state index in [2.05, 4.69) is 15.1 Å². The number of aryl methyl sites for hydroxylation is 2. The zero-order valence-corrected chi connectivity index (χ0v) is 10.9. The summed E-state index contributed by atoms with van der Waals surface area (Å²) in [5, 5.41) is 2.66. The average molecular weight is 262 g/mol. The lowest BCUT2D eigenvalue weighted by molar-refractivity contribution is 0.0525. The van der Waals surface area contributed by atoms with Gasteiger partial charge in [0.25, 0.3) is 11.5 Å². The van der Waals surface area contributed by atoms with E-state index in [0.717, 1.165) is 16.1 Å². The number of ether oxygens (including phenoxy) is 1. The fourth-order valence-corrected chi connectivity index (χ4v) is 1.68. The number of aromatic nitrogens is 4. The van der Waals surface area contributed by atoms with Crippen molar-refractivity contribution in [3.8, 4) is 5.95 Å². The van der Waals surface area contributed by atoms with Crippen LogP contribution in [0.1, 0.15) is 28.7 Å². The van der Waals surface area contributed by atoms with Crippen LogP contribution >= 0.6 is 0 Å². The minimum Gasteiger partial charge on any atom is -0.462 e. The number of carbonyl (C=O) groups excluding carboxylic acids is 1. The van der Waals surface area contributed by atoms with Gasteiger partial charge < -0.3 is 4.74 Å². The molecule has 0 spiro atoms. The van der Waals surface area contributed by atoms with Gasteiger partial charge in [0.05, 0.1) is 6.61 Å². The van der Waals surface area contributed by atoms with Crippen LogP contribution in [0.2, 0.25) is 0 Å². The maximum Gasteiger partial charge on any atom is 0.345 e. The Morgan fingerprint density at radius 2 is 2.00 bits per heavy atom. The van der Waals surface area contributed by atoms with Gasteiger partial charge in [-0.25, -0.2) is 14.8 Å². The molecule has 2 aromatic rings. The van der Waals surface area contributed by atoms with Gasteiger partial charge in [-0.3, -0.25) is 9.89 Å². The molecule has 7 nitrogen and oxygen atoms in total. The van der Waals surface area contributed by atoms with Crippen LogP contribution in [0.15, 0.2) is 17.1 Å². The first-order valence-electron chi connectivity index (χ1n) is 5.83. The van der Waals surface area contributed by atoms with Gasteiger partial charge in [-0.1, -0.05) is 0 Å². The summed E-state index contributed by atoms with van der Waals surface area (Å²) in [5.74, 6) is -0.454. The van der Waals surface area contributed by atoms with Crippen molar-refractivity contribution in [3.05, 3.63) is 39.6 Å².